The molecule has 0 unspecified atom stereocenters. The van der Waals surface area contributed by atoms with Gasteiger partial charge in [-0.05, 0) is 58.0 Å². The number of halogens is 2. The fourth-order valence-corrected chi connectivity index (χ4v) is 3.93. The number of nitrogens with zero attached hydrogens (tertiary/aromatic N) is 1. The summed E-state index contributed by atoms with van der Waals surface area (Å²) in [6, 6.07) is 24.3. The van der Waals surface area contributed by atoms with Gasteiger partial charge in [-0.25, -0.2) is 0 Å². The van der Waals surface area contributed by atoms with Crippen molar-refractivity contribution in [2.45, 2.75) is 6.54 Å². The third-order valence-corrected chi connectivity index (χ3v) is 5.83. The van der Waals surface area contributed by atoms with E-state index >= 15 is 0 Å². The number of benzene rings is 3. The van der Waals surface area contributed by atoms with Gasteiger partial charge in [-0.15, -0.1) is 0 Å². The molecule has 0 amide bonds. The van der Waals surface area contributed by atoms with E-state index < -0.39 is 0 Å². The Morgan fingerprint density at radius 3 is 2.12 bits per heavy atom. The molecule has 0 radical (unpaired) electrons. The van der Waals surface area contributed by atoms with E-state index in [4.69, 9.17) is 23.2 Å². The highest BCUT2D eigenvalue weighted by molar-refractivity contribution is 6.31. The molecule has 4 rings (SSSR count). The molecule has 0 aliphatic heterocycles. The summed E-state index contributed by atoms with van der Waals surface area (Å²) in [5, 5.41) is 10.9. The highest BCUT2D eigenvalue weighted by Gasteiger charge is 2.05. The molecule has 0 aliphatic carbocycles. The smallest absolute Gasteiger partial charge is 0.0406 e. The number of rotatable bonds is 9. The number of fused-ring (bicyclic) bond motifs is 1. The minimum absolute atomic E-state index is 0.732. The van der Waals surface area contributed by atoms with E-state index in [-0.39, 0.29) is 0 Å². The highest BCUT2D eigenvalue weighted by atomic mass is 35.5. The molecular weight excluding hydrogens is 437 g/mol. The minimum Gasteiger partial charge on any atom is -0.312 e. The largest absolute Gasteiger partial charge is 0.312 e. The van der Waals surface area contributed by atoms with Crippen LogP contribution in [0.15, 0.2) is 91.3 Å². The number of nitrogens with one attached hydrogen (secondary N) is 2. The molecule has 0 bridgehead atoms. The third kappa shape index (κ3) is 5.96. The van der Waals surface area contributed by atoms with Gasteiger partial charge < -0.3 is 10.6 Å². The van der Waals surface area contributed by atoms with Crippen LogP contribution in [0.3, 0.4) is 0 Å². The second-order valence-corrected chi connectivity index (χ2v) is 8.40. The maximum atomic E-state index is 6.08. The van der Waals surface area contributed by atoms with Crippen LogP contribution in [0.2, 0.25) is 10.0 Å². The van der Waals surface area contributed by atoms with Crippen LogP contribution in [-0.2, 0) is 6.54 Å². The zero-order valence-electron chi connectivity index (χ0n) is 17.7. The fourth-order valence-electron chi connectivity index (χ4n) is 3.68. The molecule has 5 heteroatoms. The molecule has 32 heavy (non-hydrogen) atoms. The van der Waals surface area contributed by atoms with Crippen molar-refractivity contribution in [2.24, 2.45) is 0 Å². The van der Waals surface area contributed by atoms with E-state index in [2.05, 4.69) is 46.0 Å². The van der Waals surface area contributed by atoms with Crippen LogP contribution in [0.1, 0.15) is 16.7 Å². The first kappa shape index (κ1) is 22.5. The van der Waals surface area contributed by atoms with Crippen LogP contribution in [0.5, 0.6) is 0 Å². The van der Waals surface area contributed by atoms with Crippen LogP contribution in [0.25, 0.3) is 16.3 Å². The van der Waals surface area contributed by atoms with E-state index in [0.29, 0.717) is 0 Å². The average molecular weight is 462 g/mol. The molecule has 1 aromatic heterocycles. The molecular formula is C27H25Cl2N3. The van der Waals surface area contributed by atoms with E-state index in [9.17, 15) is 0 Å². The first-order valence-electron chi connectivity index (χ1n) is 10.7. The normalized spacial score (nSPS) is 10.9. The van der Waals surface area contributed by atoms with E-state index in [1.54, 1.807) is 0 Å². The molecule has 2 N–H and O–H groups in total. The zero-order chi connectivity index (χ0) is 22.2. The van der Waals surface area contributed by atoms with Crippen molar-refractivity contribution in [1.82, 2.24) is 15.6 Å². The van der Waals surface area contributed by atoms with Gasteiger partial charge in [0.05, 0.1) is 0 Å². The third-order valence-electron chi connectivity index (χ3n) is 5.33. The molecule has 4 aromatic rings. The quantitative estimate of drug-likeness (QED) is 0.285. The second-order valence-electron chi connectivity index (χ2n) is 7.53. The van der Waals surface area contributed by atoms with E-state index in [1.807, 2.05) is 60.9 Å². The van der Waals surface area contributed by atoms with E-state index in [0.717, 1.165) is 52.9 Å². The molecule has 162 valence electrons. The fraction of sp³-hybridized carbons (Fsp3) is 0.148. The molecule has 3 aromatic carbocycles. The molecule has 0 saturated heterocycles. The molecule has 0 atom stereocenters. The minimum atomic E-state index is 0.732. The van der Waals surface area contributed by atoms with Crippen molar-refractivity contribution in [1.29, 1.82) is 0 Å². The second kappa shape index (κ2) is 11.3. The topological polar surface area (TPSA) is 37.0 Å². The summed E-state index contributed by atoms with van der Waals surface area (Å²) in [7, 11) is 0. The SMILES string of the molecule is Clc1ccc(C(=CCNCCNCc2cccc3cnccc23)c2ccc(Cl)cc2)cc1. The van der Waals surface area contributed by atoms with Crippen molar-refractivity contribution in [2.75, 3.05) is 19.6 Å². The van der Waals surface area contributed by atoms with Gasteiger partial charge in [0, 0.05) is 54.0 Å². The van der Waals surface area contributed by atoms with Crippen LogP contribution < -0.4 is 10.6 Å². The van der Waals surface area contributed by atoms with Crippen molar-refractivity contribution in [3.63, 3.8) is 0 Å². The Balaban J connectivity index is 1.32. The summed E-state index contributed by atoms with van der Waals surface area (Å²) < 4.78 is 0. The lowest BCUT2D eigenvalue weighted by Gasteiger charge is -2.11. The molecule has 1 heterocycles. The summed E-state index contributed by atoms with van der Waals surface area (Å²) in [6.45, 7) is 3.35. The predicted octanol–water partition coefficient (Wildman–Crippen LogP) is 6.35. The molecule has 0 saturated carbocycles. The number of hydrogen-bond acceptors (Lipinski definition) is 3. The molecule has 3 nitrogen and oxygen atoms in total. The first-order chi connectivity index (χ1) is 15.7. The summed E-state index contributed by atoms with van der Waals surface area (Å²) >= 11 is 12.2. The Hall–Kier alpha value is -2.69. The van der Waals surface area contributed by atoms with Crippen molar-refractivity contribution in [3.8, 4) is 0 Å². The Bertz CT molecular complexity index is 1130. The van der Waals surface area contributed by atoms with Crippen molar-refractivity contribution < 1.29 is 0 Å². The van der Waals surface area contributed by atoms with Gasteiger partial charge in [-0.1, -0.05) is 71.7 Å². The summed E-state index contributed by atoms with van der Waals surface area (Å²) in [5.41, 5.74) is 4.70. The standard InChI is InChI=1S/C27H25Cl2N3/c28-24-8-4-20(5-9-24)26(21-6-10-25(29)11-7-21)12-14-30-16-17-32-19-23-3-1-2-22-18-31-15-13-27(22)23/h1-13,15,18,30,32H,14,16-17,19H2. The maximum Gasteiger partial charge on any atom is 0.0406 e. The van der Waals surface area contributed by atoms with Crippen LogP contribution in [0, 0.1) is 0 Å². The maximum absolute atomic E-state index is 6.08. The van der Waals surface area contributed by atoms with Gasteiger partial charge in [0.15, 0.2) is 0 Å². The van der Waals surface area contributed by atoms with Gasteiger partial charge in [0.25, 0.3) is 0 Å². The lowest BCUT2D eigenvalue weighted by molar-refractivity contribution is 0.637. The van der Waals surface area contributed by atoms with Crippen LogP contribution in [0.4, 0.5) is 0 Å². The average Bonchev–Trinajstić information content (AvgIpc) is 2.82. The Kier molecular flexibility index (Phi) is 7.92. The Labute approximate surface area is 199 Å². The lowest BCUT2D eigenvalue weighted by atomic mass is 9.97. The molecule has 0 aliphatic rings. The summed E-state index contributed by atoms with van der Waals surface area (Å²) in [6.07, 6.45) is 5.97. The van der Waals surface area contributed by atoms with Gasteiger partial charge in [-0.2, -0.15) is 0 Å². The monoisotopic (exact) mass is 461 g/mol. The first-order valence-corrected chi connectivity index (χ1v) is 11.4. The van der Waals surface area contributed by atoms with Gasteiger partial charge in [0.1, 0.15) is 0 Å². The predicted molar refractivity (Wildman–Crippen MR) is 136 cm³/mol. The molecule has 0 fully saturated rings. The number of hydrogen-bond donors (Lipinski definition) is 2. The van der Waals surface area contributed by atoms with Crippen molar-refractivity contribution >= 4 is 39.5 Å². The summed E-state index contributed by atoms with van der Waals surface area (Å²) in [5.74, 6) is 0. The Morgan fingerprint density at radius 1 is 0.781 bits per heavy atom. The molecule has 0 spiro atoms. The van der Waals surface area contributed by atoms with Crippen LogP contribution >= 0.6 is 23.2 Å². The van der Waals surface area contributed by atoms with Crippen molar-refractivity contribution in [3.05, 3.63) is 118 Å². The van der Waals surface area contributed by atoms with Crippen LogP contribution in [-0.4, -0.2) is 24.6 Å². The van der Waals surface area contributed by atoms with Gasteiger partial charge in [0.2, 0.25) is 0 Å². The Morgan fingerprint density at radius 2 is 1.44 bits per heavy atom. The van der Waals surface area contributed by atoms with Gasteiger partial charge >= 0.3 is 0 Å². The number of pyridine rings is 1. The zero-order valence-corrected chi connectivity index (χ0v) is 19.2. The number of aromatic nitrogens is 1. The van der Waals surface area contributed by atoms with E-state index in [1.165, 1.54) is 16.3 Å². The highest BCUT2D eigenvalue weighted by Crippen LogP contribution is 2.25. The van der Waals surface area contributed by atoms with Gasteiger partial charge in [-0.3, -0.25) is 4.98 Å². The lowest BCUT2D eigenvalue weighted by Crippen LogP contribution is -2.27. The summed E-state index contributed by atoms with van der Waals surface area (Å²) in [4.78, 5) is 4.20.